The van der Waals surface area contributed by atoms with Crippen molar-refractivity contribution in [3.63, 3.8) is 0 Å². The Morgan fingerprint density at radius 3 is 2.63 bits per heavy atom. The van der Waals surface area contributed by atoms with Crippen LogP contribution in [0.3, 0.4) is 0 Å². The first-order valence-electron chi connectivity index (χ1n) is 8.76. The molecule has 0 amide bonds. The fourth-order valence-electron chi connectivity index (χ4n) is 3.27. The molecule has 1 aliphatic rings. The summed E-state index contributed by atoms with van der Waals surface area (Å²) in [5, 5.41) is 4.17. The molecular weight excluding hydrogens is 420 g/mol. The van der Waals surface area contributed by atoms with Crippen LogP contribution in [-0.2, 0) is 5.67 Å². The molecule has 0 N–H and O–H groups in total. The van der Waals surface area contributed by atoms with E-state index in [-0.39, 0.29) is 24.6 Å². The molecule has 1 aliphatic heterocycles. The van der Waals surface area contributed by atoms with Crippen molar-refractivity contribution in [1.82, 2.24) is 20.1 Å². The van der Waals surface area contributed by atoms with E-state index in [0.29, 0.717) is 40.2 Å². The molecule has 0 bridgehead atoms. The molecule has 27 heavy (non-hydrogen) atoms. The molecule has 4 rings (SSSR count). The highest BCUT2D eigenvalue weighted by Gasteiger charge is 2.41. The number of nitrogens with zero attached hydrogens (tertiary/aromatic N) is 5. The maximum Gasteiger partial charge on any atom is 0.229 e. The minimum absolute atomic E-state index is 0.0451. The van der Waals surface area contributed by atoms with Gasteiger partial charge in [-0.3, -0.25) is 0 Å². The van der Waals surface area contributed by atoms with Crippen LogP contribution in [-0.4, -0.2) is 33.2 Å². The van der Waals surface area contributed by atoms with Crippen molar-refractivity contribution >= 4 is 32.7 Å². The van der Waals surface area contributed by atoms with Crippen LogP contribution < -0.4 is 4.90 Å². The fraction of sp³-hybridized carbons (Fsp3) is 0.444. The van der Waals surface area contributed by atoms with Crippen LogP contribution in [0.25, 0.3) is 10.9 Å². The van der Waals surface area contributed by atoms with Crippen LogP contribution in [0.1, 0.15) is 44.3 Å². The maximum atomic E-state index is 15.4. The fourth-order valence-corrected chi connectivity index (χ4v) is 3.71. The predicted octanol–water partition coefficient (Wildman–Crippen LogP) is 4.50. The monoisotopic (exact) mass is 437 g/mol. The summed E-state index contributed by atoms with van der Waals surface area (Å²) >= 11 is 3.39. The summed E-state index contributed by atoms with van der Waals surface area (Å²) < 4.78 is 35.7. The van der Waals surface area contributed by atoms with E-state index in [4.69, 9.17) is 4.52 Å². The second kappa shape index (κ2) is 6.78. The van der Waals surface area contributed by atoms with E-state index in [1.165, 1.54) is 12.4 Å². The molecule has 0 aliphatic carbocycles. The van der Waals surface area contributed by atoms with Crippen LogP contribution in [0.5, 0.6) is 0 Å². The first-order valence-corrected chi connectivity index (χ1v) is 9.55. The molecule has 0 unspecified atom stereocenters. The van der Waals surface area contributed by atoms with Gasteiger partial charge in [-0.1, -0.05) is 19.0 Å². The lowest BCUT2D eigenvalue weighted by molar-refractivity contribution is 0.109. The van der Waals surface area contributed by atoms with Crippen molar-refractivity contribution < 1.29 is 13.3 Å². The second-order valence-electron chi connectivity index (χ2n) is 7.01. The van der Waals surface area contributed by atoms with E-state index in [2.05, 4.69) is 36.0 Å². The molecule has 0 atom stereocenters. The number of anilines is 1. The summed E-state index contributed by atoms with van der Waals surface area (Å²) in [5.74, 6) is 0.631. The van der Waals surface area contributed by atoms with Crippen LogP contribution in [0.15, 0.2) is 27.5 Å². The van der Waals surface area contributed by atoms with Crippen molar-refractivity contribution in [2.75, 3.05) is 18.0 Å². The SMILES string of the molecule is CC(C)c1nc(C2(F)CCN(c3ncnc4c(Br)ccc(F)c34)CC2)no1. The van der Waals surface area contributed by atoms with E-state index in [9.17, 15) is 4.39 Å². The molecular formula is C18H18BrF2N5O. The van der Waals surface area contributed by atoms with Gasteiger partial charge in [-0.2, -0.15) is 4.98 Å². The number of halogens is 3. The largest absolute Gasteiger partial charge is 0.356 e. The molecule has 1 saturated heterocycles. The molecule has 0 radical (unpaired) electrons. The van der Waals surface area contributed by atoms with Gasteiger partial charge in [0.15, 0.2) is 5.67 Å². The Bertz CT molecular complexity index is 985. The molecule has 2 aromatic heterocycles. The quantitative estimate of drug-likeness (QED) is 0.600. The summed E-state index contributed by atoms with van der Waals surface area (Å²) in [6, 6.07) is 2.98. The van der Waals surface area contributed by atoms with Crippen molar-refractivity contribution in [3.8, 4) is 0 Å². The van der Waals surface area contributed by atoms with E-state index >= 15 is 4.39 Å². The number of fused-ring (bicyclic) bond motifs is 1. The maximum absolute atomic E-state index is 15.4. The third-order valence-electron chi connectivity index (χ3n) is 4.86. The Morgan fingerprint density at radius 2 is 1.96 bits per heavy atom. The Balaban J connectivity index is 1.61. The minimum atomic E-state index is -1.66. The van der Waals surface area contributed by atoms with Crippen LogP contribution in [0, 0.1) is 5.82 Å². The van der Waals surface area contributed by atoms with Crippen molar-refractivity contribution in [1.29, 1.82) is 0 Å². The number of hydrogen-bond donors (Lipinski definition) is 0. The summed E-state index contributed by atoms with van der Waals surface area (Å²) in [7, 11) is 0. The second-order valence-corrected chi connectivity index (χ2v) is 7.87. The number of hydrogen-bond acceptors (Lipinski definition) is 6. The van der Waals surface area contributed by atoms with Gasteiger partial charge in [0.2, 0.25) is 11.7 Å². The molecule has 1 fully saturated rings. The number of alkyl halides is 1. The first-order chi connectivity index (χ1) is 12.9. The molecule has 1 aromatic carbocycles. The predicted molar refractivity (Wildman–Crippen MR) is 99.8 cm³/mol. The van der Waals surface area contributed by atoms with Crippen LogP contribution in [0.2, 0.25) is 0 Å². The van der Waals surface area contributed by atoms with E-state index in [1.807, 2.05) is 18.7 Å². The topological polar surface area (TPSA) is 67.9 Å². The average molecular weight is 438 g/mol. The van der Waals surface area contributed by atoms with Gasteiger partial charge in [0.05, 0.1) is 10.9 Å². The summed E-state index contributed by atoms with van der Waals surface area (Å²) in [5.41, 5.74) is -1.16. The van der Waals surface area contributed by atoms with E-state index in [0.717, 1.165) is 0 Å². The van der Waals surface area contributed by atoms with Gasteiger partial charge in [-0.15, -0.1) is 0 Å². The zero-order chi connectivity index (χ0) is 19.2. The van der Waals surface area contributed by atoms with Crippen LogP contribution in [0.4, 0.5) is 14.6 Å². The Kier molecular flexibility index (Phi) is 4.57. The summed E-state index contributed by atoms with van der Waals surface area (Å²) in [6.07, 6.45) is 1.74. The molecule has 0 spiro atoms. The van der Waals surface area contributed by atoms with Gasteiger partial charge in [-0.25, -0.2) is 18.7 Å². The highest BCUT2D eigenvalue weighted by atomic mass is 79.9. The van der Waals surface area contributed by atoms with Gasteiger partial charge >= 0.3 is 0 Å². The van der Waals surface area contributed by atoms with E-state index < -0.39 is 11.5 Å². The highest BCUT2D eigenvalue weighted by Crippen LogP contribution is 2.39. The molecule has 0 saturated carbocycles. The lowest BCUT2D eigenvalue weighted by Gasteiger charge is -2.35. The lowest BCUT2D eigenvalue weighted by atomic mass is 9.92. The van der Waals surface area contributed by atoms with Gasteiger partial charge in [0, 0.05) is 36.3 Å². The van der Waals surface area contributed by atoms with Gasteiger partial charge < -0.3 is 9.42 Å². The Morgan fingerprint density at radius 1 is 1.22 bits per heavy atom. The molecule has 6 nitrogen and oxygen atoms in total. The molecule has 3 heterocycles. The number of aromatic nitrogens is 4. The summed E-state index contributed by atoms with van der Waals surface area (Å²) in [6.45, 7) is 4.55. The third kappa shape index (κ3) is 3.18. The van der Waals surface area contributed by atoms with Crippen molar-refractivity contribution in [2.24, 2.45) is 0 Å². The Hall–Kier alpha value is -2.16. The average Bonchev–Trinajstić information content (AvgIpc) is 3.17. The zero-order valence-electron chi connectivity index (χ0n) is 14.9. The number of piperidine rings is 1. The molecule has 9 heteroatoms. The Labute approximate surface area is 163 Å². The number of rotatable bonds is 3. The molecule has 142 valence electrons. The van der Waals surface area contributed by atoms with Crippen molar-refractivity contribution in [2.45, 2.75) is 38.3 Å². The van der Waals surface area contributed by atoms with Crippen molar-refractivity contribution in [3.05, 3.63) is 40.5 Å². The number of benzene rings is 1. The van der Waals surface area contributed by atoms with E-state index in [1.54, 1.807) is 6.07 Å². The van der Waals surface area contributed by atoms with Gasteiger partial charge in [0.25, 0.3) is 0 Å². The van der Waals surface area contributed by atoms with Gasteiger partial charge in [0.1, 0.15) is 18.0 Å². The standard InChI is InChI=1S/C18H18BrF2N5O/c1-10(2)16-24-17(25-27-16)18(21)5-7-26(8-6-18)15-13-12(20)4-3-11(19)14(13)22-9-23-15/h3-4,9-10H,5-8H2,1-2H3. The zero-order valence-corrected chi connectivity index (χ0v) is 16.5. The normalized spacial score (nSPS) is 17.0. The smallest absolute Gasteiger partial charge is 0.229 e. The van der Waals surface area contributed by atoms with Crippen LogP contribution >= 0.6 is 15.9 Å². The summed E-state index contributed by atoms with van der Waals surface area (Å²) in [4.78, 5) is 14.5. The first kappa shape index (κ1) is 18.2. The van der Waals surface area contributed by atoms with Gasteiger partial charge in [-0.05, 0) is 28.1 Å². The third-order valence-corrected chi connectivity index (χ3v) is 5.50. The minimum Gasteiger partial charge on any atom is -0.356 e. The molecule has 3 aromatic rings. The lowest BCUT2D eigenvalue weighted by Crippen LogP contribution is -2.41. The highest BCUT2D eigenvalue weighted by molar-refractivity contribution is 9.10.